The van der Waals surface area contributed by atoms with Gasteiger partial charge in [-0.1, -0.05) is 94.1 Å². The fourth-order valence-corrected chi connectivity index (χ4v) is 9.01. The van der Waals surface area contributed by atoms with Crippen LogP contribution in [0.25, 0.3) is 6.08 Å². The molecule has 0 radical (unpaired) electrons. The van der Waals surface area contributed by atoms with E-state index in [1.807, 2.05) is 54.6 Å². The molecule has 0 aromatic heterocycles. The number of unbranched alkanes of at least 4 members (excludes halogenated alkanes) is 4. The van der Waals surface area contributed by atoms with Crippen LogP contribution in [0.4, 0.5) is 0 Å². The number of carbonyl (C=O) groups excluding carboxylic acids is 4. The first-order valence-electron chi connectivity index (χ1n) is 20.6. The van der Waals surface area contributed by atoms with Gasteiger partial charge in [0, 0.05) is 59.4 Å². The van der Waals surface area contributed by atoms with Crippen molar-refractivity contribution in [3.05, 3.63) is 77.4 Å². The average Bonchev–Trinajstić information content (AvgIpc) is 3.76. The van der Waals surface area contributed by atoms with E-state index in [1.165, 1.54) is 15.9 Å². The van der Waals surface area contributed by atoms with E-state index >= 15 is 4.79 Å². The predicted octanol–water partition coefficient (Wildman–Crippen LogP) is 4.41. The Hall–Kier alpha value is -4.14. The second kappa shape index (κ2) is 18.6. The Morgan fingerprint density at radius 2 is 1.61 bits per heavy atom. The highest BCUT2D eigenvalue weighted by Crippen LogP contribution is 2.58. The number of carbonyl (C=O) groups is 4. The number of hydrogen-bond acceptors (Lipinski definition) is 10. The number of nitrogens with zero attached hydrogens (tertiary/aromatic N) is 3. The van der Waals surface area contributed by atoms with E-state index in [1.54, 1.807) is 32.3 Å². The standard InChI is InChI=1S/C44H60N4O9/c1-6-8-15-23-43(24-16-9-7-2)55-36-34-28-44(42(53)47(5)33(40(51)45-25-26-49)27-30-17-11-10-12-18-30)38(41(52)54-34)48(57-39(44)37(36)56-43)29-32-20-14-13-19-31(32)21-22-35(50)46(3)4/h10-14,17-22,33-34,36-39,49H,6-9,15-16,23-29H2,1-5H3,(H,45,51). The largest absolute Gasteiger partial charge is 0.458 e. The third-order valence-corrected chi connectivity index (χ3v) is 12.0. The molecule has 57 heavy (non-hydrogen) atoms. The van der Waals surface area contributed by atoms with Crippen LogP contribution in [0.2, 0.25) is 0 Å². The molecule has 13 nitrogen and oxygen atoms in total. The third kappa shape index (κ3) is 8.83. The van der Waals surface area contributed by atoms with Gasteiger partial charge in [-0.05, 0) is 35.6 Å². The summed E-state index contributed by atoms with van der Waals surface area (Å²) < 4.78 is 20.2. The lowest BCUT2D eigenvalue weighted by Gasteiger charge is -2.50. The summed E-state index contributed by atoms with van der Waals surface area (Å²) in [6, 6.07) is 14.8. The van der Waals surface area contributed by atoms with Crippen molar-refractivity contribution in [3.63, 3.8) is 0 Å². The van der Waals surface area contributed by atoms with Gasteiger partial charge in [-0.15, -0.1) is 0 Å². The first-order valence-corrected chi connectivity index (χ1v) is 20.6. The lowest BCUT2D eigenvalue weighted by atomic mass is 9.62. The van der Waals surface area contributed by atoms with Crippen molar-refractivity contribution in [1.29, 1.82) is 0 Å². The molecule has 13 heteroatoms. The van der Waals surface area contributed by atoms with Crippen molar-refractivity contribution in [2.75, 3.05) is 34.3 Å². The number of amides is 3. The Labute approximate surface area is 336 Å². The van der Waals surface area contributed by atoms with Crippen molar-refractivity contribution in [1.82, 2.24) is 20.2 Å². The van der Waals surface area contributed by atoms with E-state index in [0.717, 1.165) is 55.2 Å². The van der Waals surface area contributed by atoms with Gasteiger partial charge in [-0.2, -0.15) is 5.06 Å². The number of aliphatic hydroxyl groups excluding tert-OH is 1. The molecular formula is C44H60N4O9. The Kier molecular flexibility index (Phi) is 13.9. The molecule has 310 valence electrons. The second-order valence-electron chi connectivity index (χ2n) is 16.1. The molecule has 4 aliphatic rings. The Balaban J connectivity index is 1.42. The zero-order valence-electron chi connectivity index (χ0n) is 34.1. The molecule has 3 heterocycles. The Morgan fingerprint density at radius 1 is 0.947 bits per heavy atom. The van der Waals surface area contributed by atoms with Gasteiger partial charge in [-0.3, -0.25) is 24.0 Å². The number of hydrogen-bond donors (Lipinski definition) is 2. The quantitative estimate of drug-likeness (QED) is 0.119. The summed E-state index contributed by atoms with van der Waals surface area (Å²) in [5.74, 6) is -2.56. The molecule has 7 unspecified atom stereocenters. The summed E-state index contributed by atoms with van der Waals surface area (Å²) in [4.78, 5) is 66.2. The van der Waals surface area contributed by atoms with Gasteiger partial charge < -0.3 is 34.4 Å². The summed E-state index contributed by atoms with van der Waals surface area (Å²) >= 11 is 0. The van der Waals surface area contributed by atoms with Crippen molar-refractivity contribution < 1.29 is 43.3 Å². The van der Waals surface area contributed by atoms with Crippen LogP contribution < -0.4 is 5.32 Å². The van der Waals surface area contributed by atoms with Gasteiger partial charge >= 0.3 is 5.97 Å². The lowest BCUT2D eigenvalue weighted by Crippen LogP contribution is -2.70. The van der Waals surface area contributed by atoms with Crippen molar-refractivity contribution in [3.8, 4) is 0 Å². The molecule has 1 saturated carbocycles. The van der Waals surface area contributed by atoms with Crippen LogP contribution in [0, 0.1) is 5.41 Å². The van der Waals surface area contributed by atoms with Gasteiger partial charge in [0.2, 0.25) is 17.7 Å². The minimum atomic E-state index is -1.50. The van der Waals surface area contributed by atoms with Crippen LogP contribution in [0.5, 0.6) is 0 Å². The molecule has 7 atom stereocenters. The fourth-order valence-electron chi connectivity index (χ4n) is 9.01. The molecule has 2 aromatic carbocycles. The van der Waals surface area contributed by atoms with Crippen LogP contribution >= 0.6 is 0 Å². The van der Waals surface area contributed by atoms with Gasteiger partial charge in [0.25, 0.3) is 0 Å². The van der Waals surface area contributed by atoms with Crippen LogP contribution in [0.3, 0.4) is 0 Å². The van der Waals surface area contributed by atoms with E-state index in [0.29, 0.717) is 12.8 Å². The minimum absolute atomic E-state index is 0.0227. The van der Waals surface area contributed by atoms with Gasteiger partial charge in [0.1, 0.15) is 35.9 Å². The number of esters is 1. The zero-order valence-corrected chi connectivity index (χ0v) is 34.1. The van der Waals surface area contributed by atoms with Gasteiger partial charge in [-0.25, -0.2) is 0 Å². The molecule has 2 bridgehead atoms. The summed E-state index contributed by atoms with van der Waals surface area (Å²) in [5, 5.41) is 13.9. The number of hydroxylamine groups is 2. The highest BCUT2D eigenvalue weighted by Gasteiger charge is 2.76. The van der Waals surface area contributed by atoms with E-state index < -0.39 is 65.5 Å². The SMILES string of the molecule is CCCCCC1(CCCCC)OC2C3CC4(C(=O)N(C)C(Cc5ccccc5)C(=O)NCCO)C(ON(Cc5ccccc5C=CC(=O)N(C)C)C4C(=O)O3)C2O1. The first kappa shape index (κ1) is 42.5. The van der Waals surface area contributed by atoms with Crippen LogP contribution in [-0.4, -0.2) is 120 Å². The smallest absolute Gasteiger partial charge is 0.327 e. The molecule has 6 rings (SSSR count). The van der Waals surface area contributed by atoms with Crippen LogP contribution in [-0.2, 0) is 51.2 Å². The van der Waals surface area contributed by atoms with Crippen LogP contribution in [0.1, 0.15) is 88.3 Å². The maximum Gasteiger partial charge on any atom is 0.327 e. The zero-order chi connectivity index (χ0) is 40.7. The molecule has 3 aliphatic heterocycles. The number of likely N-dealkylation sites (N-methyl/N-ethyl adjacent to an activating group) is 2. The highest BCUT2D eigenvalue weighted by molar-refractivity contribution is 5.96. The predicted molar refractivity (Wildman–Crippen MR) is 213 cm³/mol. The Bertz CT molecular complexity index is 1740. The fraction of sp³-hybridized carbons (Fsp3) is 0.591. The first-order chi connectivity index (χ1) is 27.5. The van der Waals surface area contributed by atoms with E-state index in [9.17, 15) is 19.5 Å². The molecule has 0 spiro atoms. The molecule has 4 fully saturated rings. The molecule has 3 amide bonds. The summed E-state index contributed by atoms with van der Waals surface area (Å²) in [7, 11) is 4.96. The minimum Gasteiger partial charge on any atom is -0.458 e. The highest BCUT2D eigenvalue weighted by atomic mass is 16.8. The maximum atomic E-state index is 15.6. The summed E-state index contributed by atoms with van der Waals surface area (Å²) in [6.45, 7) is 4.16. The van der Waals surface area contributed by atoms with E-state index in [4.69, 9.17) is 19.0 Å². The van der Waals surface area contributed by atoms with E-state index in [-0.39, 0.29) is 38.4 Å². The number of rotatable bonds is 19. The van der Waals surface area contributed by atoms with Gasteiger partial charge in [0.05, 0.1) is 13.2 Å². The number of fused-ring (bicyclic) bond motifs is 4. The van der Waals surface area contributed by atoms with Crippen molar-refractivity contribution in [2.45, 2.75) is 127 Å². The number of nitrogens with one attached hydrogen (secondary N) is 1. The van der Waals surface area contributed by atoms with Crippen molar-refractivity contribution in [2.24, 2.45) is 5.41 Å². The summed E-state index contributed by atoms with van der Waals surface area (Å²) in [6.07, 6.45) is 7.60. The molecule has 3 saturated heterocycles. The van der Waals surface area contributed by atoms with Crippen LogP contribution in [0.15, 0.2) is 60.7 Å². The van der Waals surface area contributed by atoms with Gasteiger partial charge in [0.15, 0.2) is 11.8 Å². The maximum absolute atomic E-state index is 15.6. The van der Waals surface area contributed by atoms with E-state index in [2.05, 4.69) is 19.2 Å². The molecular weight excluding hydrogens is 729 g/mol. The Morgan fingerprint density at radius 3 is 2.28 bits per heavy atom. The average molecular weight is 789 g/mol. The second-order valence-corrected chi connectivity index (χ2v) is 16.1. The number of aliphatic hydroxyl groups is 1. The third-order valence-electron chi connectivity index (χ3n) is 12.0. The topological polar surface area (TPSA) is 147 Å². The van der Waals surface area contributed by atoms with Crippen molar-refractivity contribution >= 4 is 29.8 Å². The lowest BCUT2D eigenvalue weighted by molar-refractivity contribution is -0.225. The number of ether oxygens (including phenoxy) is 3. The summed E-state index contributed by atoms with van der Waals surface area (Å²) in [5.41, 5.74) is 0.861. The normalized spacial score (nSPS) is 26.5. The number of benzene rings is 2. The molecule has 1 aliphatic carbocycles. The molecule has 2 N–H and O–H groups in total. The molecule has 2 aromatic rings. The monoisotopic (exact) mass is 788 g/mol.